The zero-order valence-electron chi connectivity index (χ0n) is 17.4. The molecule has 7 heteroatoms. The Morgan fingerprint density at radius 1 is 1.17 bits per heavy atom. The summed E-state index contributed by atoms with van der Waals surface area (Å²) in [4.78, 5) is 33.5. The fraction of sp³-hybridized carbons (Fsp3) is 0.261. The average molecular weight is 406 g/mol. The number of amides is 1. The van der Waals surface area contributed by atoms with Crippen molar-refractivity contribution in [3.63, 3.8) is 0 Å². The molecular weight excluding hydrogens is 380 g/mol. The molecule has 3 aromatic rings. The number of carbonyl (C=O) groups is 1. The van der Waals surface area contributed by atoms with Gasteiger partial charge in [-0.15, -0.1) is 0 Å². The number of aromatic nitrogens is 2. The number of aryl methyl sites for hydroxylation is 1. The highest BCUT2D eigenvalue weighted by atomic mass is 16.3. The van der Waals surface area contributed by atoms with E-state index in [0.29, 0.717) is 34.6 Å². The first-order valence-electron chi connectivity index (χ1n) is 9.86. The Hall–Kier alpha value is -3.45. The van der Waals surface area contributed by atoms with E-state index in [1.807, 2.05) is 13.1 Å². The molecule has 30 heavy (non-hydrogen) atoms. The first-order chi connectivity index (χ1) is 14.4. The van der Waals surface area contributed by atoms with Gasteiger partial charge in [0, 0.05) is 24.2 Å². The zero-order valence-corrected chi connectivity index (χ0v) is 17.4. The van der Waals surface area contributed by atoms with E-state index in [0.717, 1.165) is 18.7 Å². The van der Waals surface area contributed by atoms with Crippen LogP contribution in [0.3, 0.4) is 0 Å². The van der Waals surface area contributed by atoms with Gasteiger partial charge in [-0.3, -0.25) is 4.79 Å². The van der Waals surface area contributed by atoms with Gasteiger partial charge >= 0.3 is 5.69 Å². The third-order valence-electron chi connectivity index (χ3n) is 4.99. The largest absolute Gasteiger partial charge is 0.508 e. The molecule has 1 amide bonds. The fourth-order valence-electron chi connectivity index (χ4n) is 3.02. The zero-order chi connectivity index (χ0) is 21.7. The van der Waals surface area contributed by atoms with E-state index in [1.165, 1.54) is 0 Å². The van der Waals surface area contributed by atoms with Crippen LogP contribution in [0.1, 0.15) is 22.8 Å². The maximum atomic E-state index is 12.5. The molecule has 0 spiro atoms. The third-order valence-corrected chi connectivity index (χ3v) is 4.99. The first-order valence-corrected chi connectivity index (χ1v) is 9.86. The minimum atomic E-state index is -0.481. The van der Waals surface area contributed by atoms with E-state index in [-0.39, 0.29) is 11.7 Å². The molecule has 1 aromatic heterocycles. The first kappa shape index (κ1) is 21.3. The van der Waals surface area contributed by atoms with E-state index in [4.69, 9.17) is 0 Å². The van der Waals surface area contributed by atoms with Gasteiger partial charge in [0.05, 0.1) is 11.4 Å². The van der Waals surface area contributed by atoms with Crippen LogP contribution in [0.4, 0.5) is 0 Å². The molecule has 0 bridgehead atoms. The Kier molecular flexibility index (Phi) is 6.64. The normalized spacial score (nSPS) is 10.9. The molecule has 0 saturated heterocycles. The van der Waals surface area contributed by atoms with Crippen molar-refractivity contribution in [2.75, 3.05) is 26.7 Å². The summed E-state index contributed by atoms with van der Waals surface area (Å²) >= 11 is 0. The van der Waals surface area contributed by atoms with Crippen molar-refractivity contribution in [1.29, 1.82) is 0 Å². The van der Waals surface area contributed by atoms with Crippen LogP contribution in [0.2, 0.25) is 0 Å². The third kappa shape index (κ3) is 5.12. The molecule has 0 aliphatic carbocycles. The number of carbonyl (C=O) groups excluding carboxylic acids is 1. The van der Waals surface area contributed by atoms with Crippen molar-refractivity contribution in [2.45, 2.75) is 13.8 Å². The summed E-state index contributed by atoms with van der Waals surface area (Å²) in [6.45, 7) is 6.10. The van der Waals surface area contributed by atoms with Gasteiger partial charge < -0.3 is 20.3 Å². The van der Waals surface area contributed by atoms with Crippen LogP contribution in [0.15, 0.2) is 53.3 Å². The summed E-state index contributed by atoms with van der Waals surface area (Å²) in [5, 5.41) is 12.7. The lowest BCUT2D eigenvalue weighted by molar-refractivity contribution is 0.0950. The second-order valence-electron chi connectivity index (χ2n) is 7.22. The molecule has 0 aliphatic heterocycles. The molecule has 156 valence electrons. The van der Waals surface area contributed by atoms with E-state index >= 15 is 0 Å². The summed E-state index contributed by atoms with van der Waals surface area (Å²) in [7, 11) is 2.00. The lowest BCUT2D eigenvalue weighted by Crippen LogP contribution is -2.32. The number of hydrogen-bond donors (Lipinski definition) is 3. The number of phenols is 1. The Balaban J connectivity index is 1.86. The highest BCUT2D eigenvalue weighted by molar-refractivity contribution is 5.95. The highest BCUT2D eigenvalue weighted by Gasteiger charge is 2.10. The van der Waals surface area contributed by atoms with Gasteiger partial charge in [0.15, 0.2) is 0 Å². The maximum Gasteiger partial charge on any atom is 0.345 e. The minimum Gasteiger partial charge on any atom is -0.508 e. The predicted molar refractivity (Wildman–Crippen MR) is 118 cm³/mol. The number of phenolic OH excluding ortho intramolecular Hbond substituents is 1. The van der Waals surface area contributed by atoms with Crippen LogP contribution in [0.25, 0.3) is 22.5 Å². The molecule has 3 rings (SSSR count). The van der Waals surface area contributed by atoms with Gasteiger partial charge in [-0.05, 0) is 68.0 Å². The second kappa shape index (κ2) is 9.37. The monoisotopic (exact) mass is 406 g/mol. The summed E-state index contributed by atoms with van der Waals surface area (Å²) < 4.78 is 0. The SMILES string of the molecule is CCN(C)CCNC(=O)c1cccc(-c2cc(-c3ccc(O)c(C)c3)nc(=O)[nH]2)c1. The van der Waals surface area contributed by atoms with Crippen molar-refractivity contribution in [1.82, 2.24) is 20.2 Å². The van der Waals surface area contributed by atoms with Crippen molar-refractivity contribution in [3.8, 4) is 28.3 Å². The Morgan fingerprint density at radius 3 is 2.70 bits per heavy atom. The van der Waals surface area contributed by atoms with Crippen LogP contribution < -0.4 is 11.0 Å². The van der Waals surface area contributed by atoms with E-state index in [2.05, 4.69) is 27.1 Å². The quantitative estimate of drug-likeness (QED) is 0.560. The Morgan fingerprint density at radius 2 is 1.97 bits per heavy atom. The summed E-state index contributed by atoms with van der Waals surface area (Å²) in [5.41, 5.74) is 3.24. The molecule has 0 atom stereocenters. The van der Waals surface area contributed by atoms with Gasteiger partial charge in [0.1, 0.15) is 5.75 Å². The summed E-state index contributed by atoms with van der Waals surface area (Å²) in [5.74, 6) is 0.0276. The Labute approximate surface area is 175 Å². The molecule has 3 N–H and O–H groups in total. The van der Waals surface area contributed by atoms with Gasteiger partial charge in [0.2, 0.25) is 0 Å². The van der Waals surface area contributed by atoms with E-state index < -0.39 is 5.69 Å². The number of H-pyrrole nitrogens is 1. The molecule has 1 heterocycles. The van der Waals surface area contributed by atoms with E-state index in [9.17, 15) is 14.7 Å². The summed E-state index contributed by atoms with van der Waals surface area (Å²) in [6, 6.07) is 13.9. The molecule has 0 unspecified atom stereocenters. The van der Waals surface area contributed by atoms with Crippen molar-refractivity contribution >= 4 is 5.91 Å². The van der Waals surface area contributed by atoms with Gasteiger partial charge in [-0.25, -0.2) is 4.79 Å². The minimum absolute atomic E-state index is 0.160. The molecular formula is C23H26N4O3. The van der Waals surface area contributed by atoms with Crippen molar-refractivity contribution in [2.24, 2.45) is 0 Å². The predicted octanol–water partition coefficient (Wildman–Crippen LogP) is 2.80. The molecule has 0 saturated carbocycles. The standard InChI is InChI=1S/C23H26N4O3/c1-4-27(3)11-10-24-22(29)18-7-5-6-16(13-18)19-14-20(26-23(30)25-19)17-8-9-21(28)15(2)12-17/h5-9,12-14,28H,4,10-11H2,1-3H3,(H,24,29)(H,25,26,30). The molecule has 7 nitrogen and oxygen atoms in total. The topological polar surface area (TPSA) is 98.3 Å². The number of aromatic hydroxyl groups is 1. The van der Waals surface area contributed by atoms with Crippen LogP contribution in [-0.2, 0) is 0 Å². The van der Waals surface area contributed by atoms with Gasteiger partial charge in [-0.1, -0.05) is 19.1 Å². The number of nitrogens with zero attached hydrogens (tertiary/aromatic N) is 2. The number of nitrogens with one attached hydrogen (secondary N) is 2. The number of hydrogen-bond acceptors (Lipinski definition) is 5. The molecule has 0 radical (unpaired) electrons. The second-order valence-corrected chi connectivity index (χ2v) is 7.22. The fourth-order valence-corrected chi connectivity index (χ4v) is 3.02. The number of aromatic amines is 1. The smallest absolute Gasteiger partial charge is 0.345 e. The molecule has 0 fully saturated rings. The Bertz CT molecular complexity index is 1110. The number of rotatable bonds is 7. The number of likely N-dealkylation sites (N-methyl/N-ethyl adjacent to an activating group) is 1. The lowest BCUT2D eigenvalue weighted by atomic mass is 10.0. The van der Waals surface area contributed by atoms with Crippen LogP contribution in [-0.4, -0.2) is 52.6 Å². The average Bonchev–Trinajstić information content (AvgIpc) is 2.75. The van der Waals surface area contributed by atoms with E-state index in [1.54, 1.807) is 49.4 Å². The van der Waals surface area contributed by atoms with Gasteiger partial charge in [0.25, 0.3) is 5.91 Å². The molecule has 0 aliphatic rings. The van der Waals surface area contributed by atoms with Crippen molar-refractivity contribution < 1.29 is 9.90 Å². The molecule has 2 aromatic carbocycles. The maximum absolute atomic E-state index is 12.5. The van der Waals surface area contributed by atoms with Crippen LogP contribution >= 0.6 is 0 Å². The van der Waals surface area contributed by atoms with Crippen LogP contribution in [0.5, 0.6) is 5.75 Å². The van der Waals surface area contributed by atoms with Gasteiger partial charge in [-0.2, -0.15) is 4.98 Å². The van der Waals surface area contributed by atoms with Crippen LogP contribution in [0, 0.1) is 6.92 Å². The number of benzene rings is 2. The van der Waals surface area contributed by atoms with Crippen molar-refractivity contribution in [3.05, 3.63) is 70.1 Å². The highest BCUT2D eigenvalue weighted by Crippen LogP contribution is 2.26. The summed E-state index contributed by atoms with van der Waals surface area (Å²) in [6.07, 6.45) is 0. The lowest BCUT2D eigenvalue weighted by Gasteiger charge is -2.14.